The number of hydrogen-bond acceptors (Lipinski definition) is 7. The monoisotopic (exact) mass is 565 g/mol. The van der Waals surface area contributed by atoms with Crippen LogP contribution >= 0.6 is 11.6 Å². The Bertz CT molecular complexity index is 1080. The third-order valence-corrected chi connectivity index (χ3v) is 6.91. The molecule has 10 nitrogen and oxygen atoms in total. The van der Waals surface area contributed by atoms with Crippen molar-refractivity contribution in [3.05, 3.63) is 40.1 Å². The van der Waals surface area contributed by atoms with Gasteiger partial charge in [-0.2, -0.15) is 0 Å². The highest BCUT2D eigenvalue weighted by Crippen LogP contribution is 2.34. The summed E-state index contributed by atoms with van der Waals surface area (Å²) in [4.78, 5) is 37.6. The molecule has 216 valence electrons. The lowest BCUT2D eigenvalue weighted by molar-refractivity contribution is -0.141. The summed E-state index contributed by atoms with van der Waals surface area (Å²) >= 11 is 6.48. The molecule has 1 aromatic rings. The van der Waals surface area contributed by atoms with Crippen LogP contribution in [0, 0.1) is 5.92 Å². The Morgan fingerprint density at radius 2 is 1.90 bits per heavy atom. The van der Waals surface area contributed by atoms with Crippen LogP contribution in [-0.2, 0) is 14.3 Å². The van der Waals surface area contributed by atoms with E-state index in [2.05, 4.69) is 16.0 Å². The maximum atomic E-state index is 13.2. The van der Waals surface area contributed by atoms with Crippen molar-refractivity contribution in [1.82, 2.24) is 16.0 Å². The molecule has 4 N–H and O–H groups in total. The van der Waals surface area contributed by atoms with E-state index in [1.165, 1.54) is 12.5 Å². The molecular formula is C28H40ClN3O7. The van der Waals surface area contributed by atoms with Crippen LogP contribution < -0.4 is 20.7 Å². The Morgan fingerprint density at radius 3 is 2.51 bits per heavy atom. The number of alkyl carbamates (subject to hydrolysis) is 1. The summed E-state index contributed by atoms with van der Waals surface area (Å²) in [5.41, 5.74) is 0.679. The second-order valence-corrected chi connectivity index (χ2v) is 11.4. The molecular weight excluding hydrogens is 526 g/mol. The third kappa shape index (κ3) is 8.76. The zero-order chi connectivity index (χ0) is 28.7. The second-order valence-electron chi connectivity index (χ2n) is 11.0. The topological polar surface area (TPSA) is 135 Å². The van der Waals surface area contributed by atoms with E-state index < -0.39 is 42.1 Å². The molecule has 0 bridgehead atoms. The molecule has 3 rings (SSSR count). The van der Waals surface area contributed by atoms with E-state index in [1.807, 2.05) is 6.92 Å². The summed E-state index contributed by atoms with van der Waals surface area (Å²) in [7, 11) is 0. The average Bonchev–Trinajstić information content (AvgIpc) is 2.87. The molecule has 0 saturated heterocycles. The van der Waals surface area contributed by atoms with Gasteiger partial charge in [0.25, 0.3) is 0 Å². The lowest BCUT2D eigenvalue weighted by atomic mass is 9.90. The highest BCUT2D eigenvalue weighted by atomic mass is 35.5. The van der Waals surface area contributed by atoms with Gasteiger partial charge in [0.1, 0.15) is 11.4 Å². The number of hydrogen-bond donors (Lipinski definition) is 4. The van der Waals surface area contributed by atoms with Gasteiger partial charge in [0, 0.05) is 5.70 Å². The zero-order valence-corrected chi connectivity index (χ0v) is 24.0. The molecule has 3 atom stereocenters. The Hall–Kier alpha value is -2.98. The number of urea groups is 1. The molecule has 1 aliphatic carbocycles. The van der Waals surface area contributed by atoms with Gasteiger partial charge in [-0.1, -0.05) is 43.9 Å². The third-order valence-electron chi connectivity index (χ3n) is 6.61. The van der Waals surface area contributed by atoms with E-state index in [-0.39, 0.29) is 10.8 Å². The molecule has 1 fully saturated rings. The van der Waals surface area contributed by atoms with Crippen LogP contribution in [0.15, 0.2) is 29.5 Å². The van der Waals surface area contributed by atoms with Crippen molar-refractivity contribution in [3.63, 3.8) is 0 Å². The number of ether oxygens (including phenoxy) is 3. The summed E-state index contributed by atoms with van der Waals surface area (Å²) in [6.45, 7) is 8.96. The van der Waals surface area contributed by atoms with Crippen molar-refractivity contribution in [2.24, 2.45) is 5.92 Å². The molecule has 1 aliphatic heterocycles. The first-order valence-corrected chi connectivity index (χ1v) is 13.9. The molecule has 2 aliphatic rings. The highest BCUT2D eigenvalue weighted by molar-refractivity contribution is 6.32. The Kier molecular flexibility index (Phi) is 10.5. The predicted octanol–water partition coefficient (Wildman–Crippen LogP) is 5.09. The molecule has 11 heteroatoms. The van der Waals surface area contributed by atoms with Crippen molar-refractivity contribution >= 4 is 29.7 Å². The van der Waals surface area contributed by atoms with Gasteiger partial charge in [-0.25, -0.2) is 14.4 Å². The van der Waals surface area contributed by atoms with Gasteiger partial charge < -0.3 is 35.3 Å². The number of aliphatic hydroxyl groups excluding tert-OH is 1. The molecule has 2 unspecified atom stereocenters. The lowest BCUT2D eigenvalue weighted by Crippen LogP contribution is -2.46. The van der Waals surface area contributed by atoms with E-state index in [0.29, 0.717) is 35.8 Å². The average molecular weight is 566 g/mol. The lowest BCUT2D eigenvalue weighted by Gasteiger charge is -2.30. The molecule has 39 heavy (non-hydrogen) atoms. The molecule has 1 heterocycles. The minimum Gasteiger partial charge on any atom is -0.462 e. The van der Waals surface area contributed by atoms with Gasteiger partial charge in [-0.05, 0) is 70.6 Å². The van der Waals surface area contributed by atoms with Crippen LogP contribution in [-0.4, -0.2) is 47.7 Å². The van der Waals surface area contributed by atoms with E-state index in [4.69, 9.17) is 25.8 Å². The standard InChI is InChI=1S/C28H40ClN3O7/c1-6-20-22(25(34)37-15-17-10-8-7-9-11-17)23(32-26(35)31-20)18-12-13-21(19(29)14-18)38-24(33)16(2)30-27(36)39-28(3,4)5/h12-14,16-17,23-24,33H,6-11,15H2,1-5H3,(H,30,36)(H2,31,32,35)/t16-,23?,24?/m0/s1. The van der Waals surface area contributed by atoms with Crippen LogP contribution in [0.2, 0.25) is 5.02 Å². The summed E-state index contributed by atoms with van der Waals surface area (Å²) in [6, 6.07) is 2.73. The first kappa shape index (κ1) is 30.6. The van der Waals surface area contributed by atoms with Crippen molar-refractivity contribution in [1.29, 1.82) is 0 Å². The quantitative estimate of drug-likeness (QED) is 0.242. The van der Waals surface area contributed by atoms with Crippen LogP contribution in [0.3, 0.4) is 0 Å². The van der Waals surface area contributed by atoms with E-state index >= 15 is 0 Å². The van der Waals surface area contributed by atoms with Crippen LogP contribution in [0.1, 0.15) is 84.7 Å². The summed E-state index contributed by atoms with van der Waals surface area (Å²) in [5.74, 6) is 0.0263. The van der Waals surface area contributed by atoms with Crippen molar-refractivity contribution < 1.29 is 33.7 Å². The fraction of sp³-hybridized carbons (Fsp3) is 0.607. The number of carbonyl (C=O) groups is 3. The zero-order valence-electron chi connectivity index (χ0n) is 23.3. The number of amides is 3. The van der Waals surface area contributed by atoms with Crippen LogP contribution in [0.5, 0.6) is 5.75 Å². The number of nitrogens with one attached hydrogen (secondary N) is 3. The van der Waals surface area contributed by atoms with Gasteiger partial charge >= 0.3 is 18.1 Å². The number of rotatable bonds is 9. The maximum Gasteiger partial charge on any atom is 0.408 e. The van der Waals surface area contributed by atoms with Crippen LogP contribution in [0.25, 0.3) is 0 Å². The molecule has 1 aromatic carbocycles. The fourth-order valence-corrected chi connectivity index (χ4v) is 4.84. The predicted molar refractivity (Wildman–Crippen MR) is 146 cm³/mol. The van der Waals surface area contributed by atoms with Gasteiger partial charge in [-0.15, -0.1) is 0 Å². The summed E-state index contributed by atoms with van der Waals surface area (Å²) in [5, 5.41) is 18.6. The van der Waals surface area contributed by atoms with E-state index in [9.17, 15) is 19.5 Å². The minimum atomic E-state index is -1.42. The van der Waals surface area contributed by atoms with Crippen LogP contribution in [0.4, 0.5) is 9.59 Å². The van der Waals surface area contributed by atoms with Crippen molar-refractivity contribution in [2.75, 3.05) is 6.61 Å². The number of allylic oxidation sites excluding steroid dienone is 1. The molecule has 0 radical (unpaired) electrons. The number of aliphatic hydroxyl groups is 1. The van der Waals surface area contributed by atoms with Gasteiger partial charge in [0.05, 0.1) is 29.3 Å². The molecule has 1 saturated carbocycles. The summed E-state index contributed by atoms with van der Waals surface area (Å²) in [6.07, 6.45) is 3.90. The van der Waals surface area contributed by atoms with Gasteiger partial charge in [-0.3, -0.25) is 0 Å². The normalized spacial score (nSPS) is 19.9. The number of esters is 1. The van der Waals surface area contributed by atoms with Crippen molar-refractivity contribution in [3.8, 4) is 5.75 Å². The number of carbonyl (C=O) groups excluding carboxylic acids is 3. The van der Waals surface area contributed by atoms with Gasteiger partial charge in [0.15, 0.2) is 0 Å². The Labute approximate surface area is 234 Å². The van der Waals surface area contributed by atoms with E-state index in [0.717, 1.165) is 25.7 Å². The molecule has 0 spiro atoms. The second kappa shape index (κ2) is 13.4. The number of halogens is 1. The van der Waals surface area contributed by atoms with Gasteiger partial charge in [0.2, 0.25) is 6.29 Å². The number of benzene rings is 1. The molecule has 3 amide bonds. The Balaban J connectivity index is 1.73. The fourth-order valence-electron chi connectivity index (χ4n) is 4.60. The highest BCUT2D eigenvalue weighted by Gasteiger charge is 2.34. The minimum absolute atomic E-state index is 0.150. The van der Waals surface area contributed by atoms with Crippen molar-refractivity contribution in [2.45, 2.75) is 97.1 Å². The first-order chi connectivity index (χ1) is 18.4. The Morgan fingerprint density at radius 1 is 1.21 bits per heavy atom. The SMILES string of the molecule is CCC1=C(C(=O)OCC2CCCCC2)C(c2ccc(OC(O)[C@H](C)NC(=O)OC(C)(C)C)c(Cl)c2)NC(=O)N1. The first-order valence-electron chi connectivity index (χ1n) is 13.5. The van der Waals surface area contributed by atoms with E-state index in [1.54, 1.807) is 39.8 Å². The smallest absolute Gasteiger partial charge is 0.408 e. The summed E-state index contributed by atoms with van der Waals surface area (Å²) < 4.78 is 16.5. The molecule has 0 aromatic heterocycles. The maximum absolute atomic E-state index is 13.2. The largest absolute Gasteiger partial charge is 0.462 e.